The molecule has 0 saturated carbocycles. The standard InChI is InChI=1S/C7H9F5O4/c1-2-16-4(13)3(7(10,11)12)6(14,15)5(8)9/h3,5,14-15H,2H2,1H3/t3-/m1/s1. The first-order valence-corrected chi connectivity index (χ1v) is 4.01. The van der Waals surface area contributed by atoms with E-state index in [1.807, 2.05) is 0 Å². The van der Waals surface area contributed by atoms with Crippen molar-refractivity contribution in [2.75, 3.05) is 6.61 Å². The predicted octanol–water partition coefficient (Wildman–Crippen LogP) is 0.674. The zero-order valence-corrected chi connectivity index (χ0v) is 7.96. The number of aliphatic hydroxyl groups is 2. The second-order valence-electron chi connectivity index (χ2n) is 2.81. The number of alkyl halides is 5. The van der Waals surface area contributed by atoms with Crippen LogP contribution in [-0.2, 0) is 9.53 Å². The van der Waals surface area contributed by atoms with Crippen LogP contribution in [0.1, 0.15) is 6.92 Å². The molecule has 0 aliphatic heterocycles. The Hall–Kier alpha value is -0.960. The van der Waals surface area contributed by atoms with Crippen molar-refractivity contribution in [2.24, 2.45) is 5.92 Å². The van der Waals surface area contributed by atoms with Gasteiger partial charge in [0, 0.05) is 0 Å². The van der Waals surface area contributed by atoms with Crippen molar-refractivity contribution >= 4 is 5.97 Å². The number of carbonyl (C=O) groups is 1. The summed E-state index contributed by atoms with van der Waals surface area (Å²) in [6.45, 7) is 0.634. The zero-order chi connectivity index (χ0) is 13.1. The smallest absolute Gasteiger partial charge is 0.407 e. The third kappa shape index (κ3) is 3.27. The Labute approximate surface area is 86.6 Å². The van der Waals surface area contributed by atoms with Crippen LogP contribution in [-0.4, -0.2) is 41.2 Å². The Balaban J connectivity index is 5.19. The van der Waals surface area contributed by atoms with Gasteiger partial charge in [-0.1, -0.05) is 0 Å². The number of hydrogen-bond acceptors (Lipinski definition) is 4. The molecule has 0 saturated heterocycles. The molecule has 0 rings (SSSR count). The van der Waals surface area contributed by atoms with E-state index in [4.69, 9.17) is 10.2 Å². The molecular weight excluding hydrogens is 243 g/mol. The third-order valence-electron chi connectivity index (χ3n) is 1.60. The molecule has 0 aromatic heterocycles. The average Bonchev–Trinajstić information content (AvgIpc) is 2.00. The second kappa shape index (κ2) is 4.91. The Bertz CT molecular complexity index is 250. The van der Waals surface area contributed by atoms with Crippen molar-refractivity contribution in [3.8, 4) is 0 Å². The summed E-state index contributed by atoms with van der Waals surface area (Å²) in [5.41, 5.74) is 0. The van der Waals surface area contributed by atoms with Crippen LogP contribution >= 0.6 is 0 Å². The Kier molecular flexibility index (Phi) is 4.62. The molecule has 96 valence electrons. The van der Waals surface area contributed by atoms with Gasteiger partial charge in [-0.3, -0.25) is 4.79 Å². The van der Waals surface area contributed by atoms with Crippen molar-refractivity contribution in [2.45, 2.75) is 25.3 Å². The van der Waals surface area contributed by atoms with Crippen LogP contribution in [0.3, 0.4) is 0 Å². The van der Waals surface area contributed by atoms with Gasteiger partial charge in [0.1, 0.15) is 0 Å². The molecule has 4 nitrogen and oxygen atoms in total. The van der Waals surface area contributed by atoms with E-state index in [0.29, 0.717) is 0 Å². The van der Waals surface area contributed by atoms with E-state index < -0.39 is 36.9 Å². The SMILES string of the molecule is CCOC(=O)[C@@H](C(F)(F)F)C(O)(O)C(F)F. The maximum Gasteiger partial charge on any atom is 0.407 e. The fourth-order valence-electron chi connectivity index (χ4n) is 0.900. The minimum Gasteiger partial charge on any atom is -0.465 e. The van der Waals surface area contributed by atoms with Gasteiger partial charge in [-0.25, -0.2) is 8.78 Å². The molecule has 1 atom stereocenters. The van der Waals surface area contributed by atoms with Crippen molar-refractivity contribution < 1.29 is 41.7 Å². The summed E-state index contributed by atoms with van der Waals surface area (Å²) in [6, 6.07) is 0. The highest BCUT2D eigenvalue weighted by Crippen LogP contribution is 2.37. The van der Waals surface area contributed by atoms with E-state index in [-0.39, 0.29) is 0 Å². The molecule has 0 spiro atoms. The van der Waals surface area contributed by atoms with E-state index in [2.05, 4.69) is 4.74 Å². The molecule has 0 fully saturated rings. The van der Waals surface area contributed by atoms with E-state index in [9.17, 15) is 26.7 Å². The Morgan fingerprint density at radius 1 is 1.31 bits per heavy atom. The lowest BCUT2D eigenvalue weighted by atomic mass is 9.98. The molecule has 0 unspecified atom stereocenters. The molecule has 0 aliphatic rings. The summed E-state index contributed by atoms with van der Waals surface area (Å²) in [5, 5.41) is 17.1. The fraction of sp³-hybridized carbons (Fsp3) is 0.857. The summed E-state index contributed by atoms with van der Waals surface area (Å²) in [4.78, 5) is 10.7. The first-order valence-electron chi connectivity index (χ1n) is 4.01. The maximum absolute atomic E-state index is 12.2. The highest BCUT2D eigenvalue weighted by Gasteiger charge is 2.62. The summed E-state index contributed by atoms with van der Waals surface area (Å²) < 4.78 is 64.4. The van der Waals surface area contributed by atoms with Gasteiger partial charge in [0.25, 0.3) is 6.43 Å². The van der Waals surface area contributed by atoms with Gasteiger partial charge >= 0.3 is 12.1 Å². The molecule has 0 aliphatic carbocycles. The fourth-order valence-corrected chi connectivity index (χ4v) is 0.900. The number of ether oxygens (including phenoxy) is 1. The average molecular weight is 252 g/mol. The highest BCUT2D eigenvalue weighted by atomic mass is 19.4. The van der Waals surface area contributed by atoms with E-state index >= 15 is 0 Å². The number of esters is 1. The van der Waals surface area contributed by atoms with Crippen LogP contribution in [0, 0.1) is 5.92 Å². The van der Waals surface area contributed by atoms with Gasteiger partial charge in [-0.2, -0.15) is 13.2 Å². The quantitative estimate of drug-likeness (QED) is 0.438. The van der Waals surface area contributed by atoms with Gasteiger partial charge in [0.2, 0.25) is 11.7 Å². The predicted molar refractivity (Wildman–Crippen MR) is 39.4 cm³/mol. The minimum absolute atomic E-state index is 0.509. The minimum atomic E-state index is -5.55. The lowest BCUT2D eigenvalue weighted by Gasteiger charge is -2.29. The van der Waals surface area contributed by atoms with Crippen LogP contribution in [0.15, 0.2) is 0 Å². The van der Waals surface area contributed by atoms with Gasteiger partial charge in [-0.15, -0.1) is 0 Å². The first-order chi connectivity index (χ1) is 7.05. The van der Waals surface area contributed by atoms with E-state index in [1.165, 1.54) is 0 Å². The Morgan fingerprint density at radius 2 is 1.75 bits per heavy atom. The molecule has 0 amide bonds. The second-order valence-corrected chi connectivity index (χ2v) is 2.81. The first kappa shape index (κ1) is 15.0. The number of rotatable bonds is 4. The molecule has 0 heterocycles. The summed E-state index contributed by atoms with van der Waals surface area (Å²) >= 11 is 0. The molecular formula is C7H9F5O4. The molecule has 9 heteroatoms. The lowest BCUT2D eigenvalue weighted by Crippen LogP contribution is -2.55. The van der Waals surface area contributed by atoms with Gasteiger partial charge in [0.15, 0.2) is 0 Å². The zero-order valence-electron chi connectivity index (χ0n) is 7.96. The van der Waals surface area contributed by atoms with Crippen LogP contribution in [0.25, 0.3) is 0 Å². The van der Waals surface area contributed by atoms with Crippen LogP contribution < -0.4 is 0 Å². The molecule has 16 heavy (non-hydrogen) atoms. The number of hydrogen-bond donors (Lipinski definition) is 2. The third-order valence-corrected chi connectivity index (χ3v) is 1.60. The molecule has 0 bridgehead atoms. The summed E-state index contributed by atoms with van der Waals surface area (Å²) in [5.74, 6) is -10.4. The number of halogens is 5. The molecule has 0 radical (unpaired) electrons. The van der Waals surface area contributed by atoms with Crippen LogP contribution in [0.2, 0.25) is 0 Å². The Morgan fingerprint density at radius 3 is 2.00 bits per heavy atom. The van der Waals surface area contributed by atoms with Gasteiger partial charge < -0.3 is 14.9 Å². The largest absolute Gasteiger partial charge is 0.465 e. The van der Waals surface area contributed by atoms with Crippen LogP contribution in [0.4, 0.5) is 22.0 Å². The molecule has 0 aromatic rings. The van der Waals surface area contributed by atoms with E-state index in [0.717, 1.165) is 6.92 Å². The lowest BCUT2D eigenvalue weighted by molar-refractivity contribution is -0.326. The van der Waals surface area contributed by atoms with E-state index in [1.54, 1.807) is 0 Å². The molecule has 2 N–H and O–H groups in total. The van der Waals surface area contributed by atoms with Crippen molar-refractivity contribution in [3.63, 3.8) is 0 Å². The normalized spacial score (nSPS) is 15.1. The van der Waals surface area contributed by atoms with Gasteiger partial charge in [0.05, 0.1) is 6.61 Å². The summed E-state index contributed by atoms with van der Waals surface area (Å²) in [7, 11) is 0. The highest BCUT2D eigenvalue weighted by molar-refractivity contribution is 5.74. The van der Waals surface area contributed by atoms with Crippen molar-refractivity contribution in [1.82, 2.24) is 0 Å². The monoisotopic (exact) mass is 252 g/mol. The maximum atomic E-state index is 12.2. The van der Waals surface area contributed by atoms with Crippen molar-refractivity contribution in [1.29, 1.82) is 0 Å². The van der Waals surface area contributed by atoms with Gasteiger partial charge in [-0.05, 0) is 6.92 Å². The molecule has 0 aromatic carbocycles. The summed E-state index contributed by atoms with van der Waals surface area (Å²) in [6.07, 6.45) is -9.71. The number of carbonyl (C=O) groups excluding carboxylic acids is 1. The topological polar surface area (TPSA) is 66.8 Å². The van der Waals surface area contributed by atoms with Crippen LogP contribution in [0.5, 0.6) is 0 Å². The van der Waals surface area contributed by atoms with Crippen molar-refractivity contribution in [3.05, 3.63) is 0 Å².